The number of rotatable bonds is 9. The van der Waals surface area contributed by atoms with E-state index in [-0.39, 0.29) is 12.4 Å². The highest BCUT2D eigenvalue weighted by molar-refractivity contribution is 5.67. The van der Waals surface area contributed by atoms with Gasteiger partial charge in [-0.1, -0.05) is 43.2 Å². The highest BCUT2D eigenvalue weighted by atomic mass is 16.7. The van der Waals surface area contributed by atoms with Gasteiger partial charge in [0.1, 0.15) is 6.61 Å². The lowest BCUT2D eigenvalue weighted by Crippen LogP contribution is -2.38. The number of amides is 1. The minimum absolute atomic E-state index is 0.0822. The quantitative estimate of drug-likeness (QED) is 0.495. The van der Waals surface area contributed by atoms with Gasteiger partial charge < -0.3 is 19.1 Å². The number of hydrogen-bond donors (Lipinski definition) is 0. The van der Waals surface area contributed by atoms with E-state index < -0.39 is 0 Å². The van der Waals surface area contributed by atoms with Crippen LogP contribution in [0.1, 0.15) is 44.1 Å². The summed E-state index contributed by atoms with van der Waals surface area (Å²) in [7, 11) is 3.36. The number of benzene rings is 1. The van der Waals surface area contributed by atoms with Crippen molar-refractivity contribution in [2.45, 2.75) is 51.4 Å². The monoisotopic (exact) mass is 349 g/mol. The fourth-order valence-electron chi connectivity index (χ4n) is 3.29. The van der Waals surface area contributed by atoms with Gasteiger partial charge in [0.05, 0.1) is 0 Å². The lowest BCUT2D eigenvalue weighted by Gasteiger charge is -2.31. The normalized spacial score (nSPS) is 15.6. The van der Waals surface area contributed by atoms with E-state index >= 15 is 0 Å². The molecule has 0 radical (unpaired) electrons. The molecule has 0 aliphatic carbocycles. The molecule has 0 spiro atoms. The van der Waals surface area contributed by atoms with E-state index in [0.29, 0.717) is 12.5 Å². The second-order valence-electron chi connectivity index (χ2n) is 6.66. The molecule has 1 aliphatic rings. The Kier molecular flexibility index (Phi) is 8.77. The molecule has 5 heteroatoms. The third-order valence-electron chi connectivity index (χ3n) is 4.91. The predicted octanol–water partition coefficient (Wildman–Crippen LogP) is 4.21. The van der Waals surface area contributed by atoms with Crippen molar-refractivity contribution in [3.8, 4) is 0 Å². The van der Waals surface area contributed by atoms with Crippen molar-refractivity contribution in [3.05, 3.63) is 35.9 Å². The summed E-state index contributed by atoms with van der Waals surface area (Å²) in [6.07, 6.45) is 6.33. The van der Waals surface area contributed by atoms with Crippen LogP contribution in [-0.4, -0.2) is 44.6 Å². The maximum absolute atomic E-state index is 12.2. The molecule has 0 bridgehead atoms. The van der Waals surface area contributed by atoms with Crippen molar-refractivity contribution < 1.29 is 19.0 Å². The Hall–Kier alpha value is -1.59. The molecule has 1 heterocycles. The Morgan fingerprint density at radius 3 is 2.44 bits per heavy atom. The zero-order valence-corrected chi connectivity index (χ0v) is 15.5. The molecule has 1 saturated heterocycles. The first kappa shape index (κ1) is 19.7. The number of ether oxygens (including phenoxy) is 3. The molecular formula is C20H31NO4. The third-order valence-corrected chi connectivity index (χ3v) is 4.91. The molecule has 1 aromatic rings. The van der Waals surface area contributed by atoms with Crippen LogP contribution >= 0.6 is 0 Å². The van der Waals surface area contributed by atoms with Gasteiger partial charge in [-0.15, -0.1) is 0 Å². The standard InChI is InChI=1S/C20H31NO4/c1-23-19(24-2)11-7-6-8-17-12-14-21(15-13-17)20(22)25-16-18-9-4-3-5-10-18/h3-5,9-10,17,19H,6-8,11-16H2,1-2H3. The zero-order valence-electron chi connectivity index (χ0n) is 15.5. The molecule has 140 valence electrons. The second kappa shape index (κ2) is 11.1. The van der Waals surface area contributed by atoms with Gasteiger partial charge in [-0.05, 0) is 37.2 Å². The molecule has 1 amide bonds. The Bertz CT molecular complexity index is 482. The van der Waals surface area contributed by atoms with E-state index in [1.807, 2.05) is 35.2 Å². The first-order valence-electron chi connectivity index (χ1n) is 9.24. The van der Waals surface area contributed by atoms with E-state index in [4.69, 9.17) is 14.2 Å². The van der Waals surface area contributed by atoms with Crippen LogP contribution in [0.25, 0.3) is 0 Å². The van der Waals surface area contributed by atoms with Crippen molar-refractivity contribution in [1.82, 2.24) is 4.90 Å². The van der Waals surface area contributed by atoms with Gasteiger partial charge in [-0.3, -0.25) is 0 Å². The van der Waals surface area contributed by atoms with Crippen LogP contribution in [0, 0.1) is 5.92 Å². The van der Waals surface area contributed by atoms with Crippen LogP contribution in [0.5, 0.6) is 0 Å². The van der Waals surface area contributed by atoms with Crippen molar-refractivity contribution in [2.75, 3.05) is 27.3 Å². The number of methoxy groups -OCH3 is 2. The lowest BCUT2D eigenvalue weighted by atomic mass is 9.91. The molecule has 25 heavy (non-hydrogen) atoms. The number of nitrogens with zero attached hydrogens (tertiary/aromatic N) is 1. The predicted molar refractivity (Wildman–Crippen MR) is 97.2 cm³/mol. The third kappa shape index (κ3) is 7.04. The fraction of sp³-hybridized carbons (Fsp3) is 0.650. The summed E-state index contributed by atoms with van der Waals surface area (Å²) in [5, 5.41) is 0. The van der Waals surface area contributed by atoms with Crippen LogP contribution in [0.3, 0.4) is 0 Å². The molecule has 1 fully saturated rings. The Morgan fingerprint density at radius 2 is 1.80 bits per heavy atom. The topological polar surface area (TPSA) is 48.0 Å². The van der Waals surface area contributed by atoms with Gasteiger partial charge in [0.25, 0.3) is 0 Å². The largest absolute Gasteiger partial charge is 0.445 e. The molecule has 0 aromatic heterocycles. The summed E-state index contributed by atoms with van der Waals surface area (Å²) < 4.78 is 15.8. The Morgan fingerprint density at radius 1 is 1.12 bits per heavy atom. The van der Waals surface area contributed by atoms with Crippen LogP contribution < -0.4 is 0 Å². The van der Waals surface area contributed by atoms with Crippen molar-refractivity contribution in [2.24, 2.45) is 5.92 Å². The average molecular weight is 349 g/mol. The minimum Gasteiger partial charge on any atom is -0.445 e. The highest BCUT2D eigenvalue weighted by Crippen LogP contribution is 2.24. The Balaban J connectivity index is 1.58. The number of unbranched alkanes of at least 4 members (excludes halogenated alkanes) is 1. The van der Waals surface area contributed by atoms with Gasteiger partial charge in [0, 0.05) is 27.3 Å². The van der Waals surface area contributed by atoms with Crippen molar-refractivity contribution in [1.29, 1.82) is 0 Å². The van der Waals surface area contributed by atoms with Gasteiger partial charge in [0.2, 0.25) is 0 Å². The smallest absolute Gasteiger partial charge is 0.410 e. The number of carbonyl (C=O) groups excluding carboxylic acids is 1. The van der Waals surface area contributed by atoms with Crippen molar-refractivity contribution >= 4 is 6.09 Å². The molecule has 2 rings (SSSR count). The van der Waals surface area contributed by atoms with Gasteiger partial charge in [0.15, 0.2) is 6.29 Å². The SMILES string of the molecule is COC(CCCCC1CCN(C(=O)OCc2ccccc2)CC1)OC. The maximum Gasteiger partial charge on any atom is 0.410 e. The Labute approximate surface area is 151 Å². The molecule has 0 atom stereocenters. The molecule has 1 aliphatic heterocycles. The lowest BCUT2D eigenvalue weighted by molar-refractivity contribution is -0.107. The second-order valence-corrected chi connectivity index (χ2v) is 6.66. The molecular weight excluding hydrogens is 318 g/mol. The summed E-state index contributed by atoms with van der Waals surface area (Å²) in [4.78, 5) is 14.0. The maximum atomic E-state index is 12.2. The molecule has 0 saturated carbocycles. The summed E-state index contributed by atoms with van der Waals surface area (Å²) >= 11 is 0. The summed E-state index contributed by atoms with van der Waals surface area (Å²) in [6.45, 7) is 1.95. The van der Waals surface area contributed by atoms with Crippen molar-refractivity contribution in [3.63, 3.8) is 0 Å². The van der Waals surface area contributed by atoms with Gasteiger partial charge >= 0.3 is 6.09 Å². The first-order valence-corrected chi connectivity index (χ1v) is 9.24. The fourth-order valence-corrected chi connectivity index (χ4v) is 3.29. The van der Waals surface area contributed by atoms with Gasteiger partial charge in [-0.2, -0.15) is 0 Å². The number of hydrogen-bond acceptors (Lipinski definition) is 4. The molecule has 5 nitrogen and oxygen atoms in total. The van der Waals surface area contributed by atoms with E-state index in [2.05, 4.69) is 0 Å². The molecule has 0 N–H and O–H groups in total. The summed E-state index contributed by atoms with van der Waals surface area (Å²) in [5.41, 5.74) is 1.02. The molecule has 1 aromatic carbocycles. The van der Waals surface area contributed by atoms with Crippen LogP contribution in [0.15, 0.2) is 30.3 Å². The zero-order chi connectivity index (χ0) is 17.9. The summed E-state index contributed by atoms with van der Waals surface area (Å²) in [5.74, 6) is 0.710. The van der Waals surface area contributed by atoms with Crippen LogP contribution in [-0.2, 0) is 20.8 Å². The van der Waals surface area contributed by atoms with Gasteiger partial charge in [-0.25, -0.2) is 4.79 Å². The van der Waals surface area contributed by atoms with E-state index in [1.165, 1.54) is 12.8 Å². The number of carbonyl (C=O) groups is 1. The first-order chi connectivity index (χ1) is 12.2. The van der Waals surface area contributed by atoms with Crippen LogP contribution in [0.2, 0.25) is 0 Å². The highest BCUT2D eigenvalue weighted by Gasteiger charge is 2.23. The van der Waals surface area contributed by atoms with E-state index in [1.54, 1.807) is 14.2 Å². The van der Waals surface area contributed by atoms with Crippen LogP contribution in [0.4, 0.5) is 4.79 Å². The van der Waals surface area contributed by atoms with E-state index in [9.17, 15) is 4.79 Å². The summed E-state index contributed by atoms with van der Waals surface area (Å²) in [6, 6.07) is 9.81. The molecule has 0 unspecified atom stereocenters. The minimum atomic E-state index is -0.190. The number of likely N-dealkylation sites (tertiary alicyclic amines) is 1. The average Bonchev–Trinajstić information content (AvgIpc) is 2.67. The number of piperidine rings is 1. The van der Waals surface area contributed by atoms with E-state index in [0.717, 1.165) is 44.3 Å².